The number of hydrogen-bond acceptors (Lipinski definition) is 4. The Morgan fingerprint density at radius 1 is 1.53 bits per heavy atom. The fraction of sp³-hybridized carbons (Fsp3) is 0.429. The van der Waals surface area contributed by atoms with Crippen molar-refractivity contribution in [1.82, 2.24) is 9.55 Å². The minimum atomic E-state index is -0.195. The average molecular weight is 259 g/mol. The number of ether oxygens (including phenoxy) is 1. The monoisotopic (exact) mass is 259 g/mol. The summed E-state index contributed by atoms with van der Waals surface area (Å²) in [5, 5.41) is 0. The first-order chi connectivity index (χ1) is 9.19. The Morgan fingerprint density at radius 3 is 3.00 bits per heavy atom. The second-order valence-corrected chi connectivity index (χ2v) is 4.97. The summed E-state index contributed by atoms with van der Waals surface area (Å²) in [6.07, 6.45) is 2.72. The van der Waals surface area contributed by atoms with E-state index in [1.807, 2.05) is 18.2 Å². The predicted molar refractivity (Wildman–Crippen MR) is 72.8 cm³/mol. The summed E-state index contributed by atoms with van der Waals surface area (Å²) in [6.45, 7) is 0.610. The van der Waals surface area contributed by atoms with Crippen molar-refractivity contribution < 1.29 is 9.53 Å². The number of carbonyl (C=O) groups is 1. The number of methoxy groups -OCH3 is 1. The number of anilines is 1. The molecule has 0 unspecified atom stereocenters. The van der Waals surface area contributed by atoms with E-state index in [-0.39, 0.29) is 5.97 Å². The number of carbonyl (C=O) groups excluding carboxylic acids is 1. The number of nitrogen functional groups attached to an aromatic ring is 1. The molecular weight excluding hydrogens is 242 g/mol. The van der Waals surface area contributed by atoms with Crippen molar-refractivity contribution >= 4 is 22.7 Å². The maximum Gasteiger partial charge on any atom is 0.307 e. The quantitative estimate of drug-likeness (QED) is 0.674. The first-order valence-corrected chi connectivity index (χ1v) is 6.51. The van der Waals surface area contributed by atoms with Crippen LogP contribution in [0, 0.1) is 0 Å². The Labute approximate surface area is 111 Å². The molecule has 0 bridgehead atoms. The molecule has 1 aromatic carbocycles. The number of aromatic nitrogens is 2. The third-order valence-corrected chi connectivity index (χ3v) is 3.51. The lowest BCUT2D eigenvalue weighted by atomic mass is 10.3. The van der Waals surface area contributed by atoms with Gasteiger partial charge in [0, 0.05) is 18.2 Å². The minimum Gasteiger partial charge on any atom is -0.469 e. The van der Waals surface area contributed by atoms with Gasteiger partial charge in [0.05, 0.1) is 24.6 Å². The molecule has 0 spiro atoms. The zero-order valence-corrected chi connectivity index (χ0v) is 10.9. The van der Waals surface area contributed by atoms with Crippen LogP contribution in [0.2, 0.25) is 0 Å². The van der Waals surface area contributed by atoms with E-state index in [4.69, 9.17) is 10.5 Å². The Balaban J connectivity index is 1.99. The van der Waals surface area contributed by atoms with Gasteiger partial charge in [0.15, 0.2) is 0 Å². The Hall–Kier alpha value is -2.04. The molecule has 19 heavy (non-hydrogen) atoms. The van der Waals surface area contributed by atoms with Crippen LogP contribution in [-0.2, 0) is 16.1 Å². The molecule has 1 aliphatic carbocycles. The van der Waals surface area contributed by atoms with Crippen LogP contribution in [-0.4, -0.2) is 22.6 Å². The third-order valence-electron chi connectivity index (χ3n) is 3.51. The average Bonchev–Trinajstić information content (AvgIpc) is 3.18. The van der Waals surface area contributed by atoms with E-state index >= 15 is 0 Å². The highest BCUT2D eigenvalue weighted by atomic mass is 16.5. The summed E-state index contributed by atoms with van der Waals surface area (Å²) in [4.78, 5) is 16.0. The summed E-state index contributed by atoms with van der Waals surface area (Å²) in [7, 11) is 1.41. The first-order valence-electron chi connectivity index (χ1n) is 6.51. The van der Waals surface area contributed by atoms with Gasteiger partial charge in [-0.2, -0.15) is 0 Å². The molecule has 100 valence electrons. The van der Waals surface area contributed by atoms with E-state index in [0.717, 1.165) is 16.9 Å². The molecule has 1 aliphatic rings. The van der Waals surface area contributed by atoms with Crippen molar-refractivity contribution in [1.29, 1.82) is 0 Å². The number of benzene rings is 1. The van der Waals surface area contributed by atoms with Crippen molar-refractivity contribution in [2.75, 3.05) is 12.8 Å². The standard InChI is InChI=1S/C14H17N3O2/c1-19-13(18)6-7-17-12-5-4-10(15)8-11(12)16-14(17)9-2-3-9/h4-5,8-9H,2-3,6-7,15H2,1H3. The lowest BCUT2D eigenvalue weighted by Crippen LogP contribution is -2.09. The fourth-order valence-electron chi connectivity index (χ4n) is 2.36. The molecule has 1 heterocycles. The van der Waals surface area contributed by atoms with E-state index in [1.165, 1.54) is 20.0 Å². The normalized spacial score (nSPS) is 14.8. The van der Waals surface area contributed by atoms with Gasteiger partial charge in [-0.05, 0) is 31.0 Å². The molecule has 1 aromatic heterocycles. The van der Waals surface area contributed by atoms with Crippen LogP contribution in [0.3, 0.4) is 0 Å². The molecule has 0 saturated heterocycles. The molecule has 0 radical (unpaired) electrons. The number of nitrogens with zero attached hydrogens (tertiary/aromatic N) is 2. The minimum absolute atomic E-state index is 0.195. The molecular formula is C14H17N3O2. The van der Waals surface area contributed by atoms with Gasteiger partial charge in [-0.1, -0.05) is 0 Å². The van der Waals surface area contributed by atoms with Crippen LogP contribution in [0.1, 0.15) is 31.0 Å². The molecule has 5 heteroatoms. The second kappa shape index (κ2) is 4.57. The Bertz CT molecular complexity index is 629. The van der Waals surface area contributed by atoms with Crippen molar-refractivity contribution in [3.63, 3.8) is 0 Å². The zero-order valence-electron chi connectivity index (χ0n) is 10.9. The molecule has 2 N–H and O–H groups in total. The second-order valence-electron chi connectivity index (χ2n) is 4.97. The van der Waals surface area contributed by atoms with Gasteiger partial charge in [0.1, 0.15) is 5.82 Å². The Kier molecular flexibility index (Phi) is 2.89. The van der Waals surface area contributed by atoms with Crippen molar-refractivity contribution in [3.05, 3.63) is 24.0 Å². The Morgan fingerprint density at radius 2 is 2.32 bits per heavy atom. The first kappa shape index (κ1) is 12.0. The van der Waals surface area contributed by atoms with Crippen LogP contribution in [0.15, 0.2) is 18.2 Å². The summed E-state index contributed by atoms with van der Waals surface area (Å²) in [5.74, 6) is 1.41. The van der Waals surface area contributed by atoms with E-state index < -0.39 is 0 Å². The molecule has 2 aromatic rings. The fourth-order valence-corrected chi connectivity index (χ4v) is 2.36. The molecule has 5 nitrogen and oxygen atoms in total. The van der Waals surface area contributed by atoms with Crippen molar-refractivity contribution in [3.8, 4) is 0 Å². The van der Waals surface area contributed by atoms with Crippen LogP contribution < -0.4 is 5.73 Å². The summed E-state index contributed by atoms with van der Waals surface area (Å²) in [5.41, 5.74) is 8.46. The van der Waals surface area contributed by atoms with Crippen LogP contribution >= 0.6 is 0 Å². The summed E-state index contributed by atoms with van der Waals surface area (Å²) in [6, 6.07) is 5.73. The third kappa shape index (κ3) is 2.28. The number of hydrogen-bond donors (Lipinski definition) is 1. The van der Waals surface area contributed by atoms with E-state index in [1.54, 1.807) is 0 Å². The van der Waals surface area contributed by atoms with Gasteiger partial charge in [0.2, 0.25) is 0 Å². The molecule has 3 rings (SSSR count). The number of esters is 1. The lowest BCUT2D eigenvalue weighted by molar-refractivity contribution is -0.140. The number of fused-ring (bicyclic) bond motifs is 1. The molecule has 1 saturated carbocycles. The van der Waals surface area contributed by atoms with Gasteiger partial charge >= 0.3 is 5.97 Å². The highest BCUT2D eigenvalue weighted by Crippen LogP contribution is 2.40. The number of rotatable bonds is 4. The molecule has 0 aliphatic heterocycles. The van der Waals surface area contributed by atoms with E-state index in [9.17, 15) is 4.79 Å². The molecule has 0 atom stereocenters. The maximum absolute atomic E-state index is 11.3. The van der Waals surface area contributed by atoms with Crippen LogP contribution in [0.25, 0.3) is 11.0 Å². The SMILES string of the molecule is COC(=O)CCn1c(C2CC2)nc2cc(N)ccc21. The van der Waals surface area contributed by atoms with Gasteiger partial charge < -0.3 is 15.0 Å². The number of aryl methyl sites for hydroxylation is 1. The number of nitrogens with two attached hydrogens (primary N) is 1. The van der Waals surface area contributed by atoms with Crippen molar-refractivity contribution in [2.24, 2.45) is 0 Å². The predicted octanol–water partition coefficient (Wildman–Crippen LogP) is 2.06. The zero-order chi connectivity index (χ0) is 13.4. The smallest absolute Gasteiger partial charge is 0.307 e. The topological polar surface area (TPSA) is 70.1 Å². The van der Waals surface area contributed by atoms with Crippen LogP contribution in [0.5, 0.6) is 0 Å². The highest BCUT2D eigenvalue weighted by molar-refractivity contribution is 5.80. The highest BCUT2D eigenvalue weighted by Gasteiger charge is 2.29. The lowest BCUT2D eigenvalue weighted by Gasteiger charge is -2.07. The summed E-state index contributed by atoms with van der Waals surface area (Å²) >= 11 is 0. The van der Waals surface area contributed by atoms with Gasteiger partial charge in [-0.25, -0.2) is 4.98 Å². The van der Waals surface area contributed by atoms with Crippen LogP contribution in [0.4, 0.5) is 5.69 Å². The molecule has 0 amide bonds. The van der Waals surface area contributed by atoms with Gasteiger partial charge in [-0.15, -0.1) is 0 Å². The van der Waals surface area contributed by atoms with Gasteiger partial charge in [0.25, 0.3) is 0 Å². The van der Waals surface area contributed by atoms with E-state index in [0.29, 0.717) is 24.6 Å². The van der Waals surface area contributed by atoms with Gasteiger partial charge in [-0.3, -0.25) is 4.79 Å². The largest absolute Gasteiger partial charge is 0.469 e. The number of imidazole rings is 1. The van der Waals surface area contributed by atoms with Crippen molar-refractivity contribution in [2.45, 2.75) is 31.7 Å². The molecule has 1 fully saturated rings. The maximum atomic E-state index is 11.3. The van der Waals surface area contributed by atoms with E-state index in [2.05, 4.69) is 9.55 Å². The summed E-state index contributed by atoms with van der Waals surface area (Å²) < 4.78 is 6.83.